The van der Waals surface area contributed by atoms with E-state index in [1.807, 2.05) is 32.9 Å². The van der Waals surface area contributed by atoms with Gasteiger partial charge in [-0.25, -0.2) is 0 Å². The Morgan fingerprint density at radius 3 is 2.08 bits per heavy atom. The van der Waals surface area contributed by atoms with Crippen molar-refractivity contribution in [2.24, 2.45) is 0 Å². The predicted octanol–water partition coefficient (Wildman–Crippen LogP) is 3.76. The van der Waals surface area contributed by atoms with Crippen molar-refractivity contribution in [2.75, 3.05) is 5.32 Å². The lowest BCUT2D eigenvalue weighted by Gasteiger charge is -2.13. The van der Waals surface area contributed by atoms with E-state index in [9.17, 15) is 9.59 Å². The summed E-state index contributed by atoms with van der Waals surface area (Å²) in [5.41, 5.74) is 5.07. The van der Waals surface area contributed by atoms with E-state index >= 15 is 0 Å². The summed E-state index contributed by atoms with van der Waals surface area (Å²) in [5, 5.41) is 5.91. The topological polar surface area (TPSA) is 58.2 Å². The largest absolute Gasteiger partial charge is 0.349 e. The predicted molar refractivity (Wildman–Crippen MR) is 95.5 cm³/mol. The van der Waals surface area contributed by atoms with Crippen LogP contribution in [-0.2, 0) is 0 Å². The monoisotopic (exact) mass is 322 g/mol. The molecule has 0 bridgehead atoms. The number of hydrogen-bond donors (Lipinski definition) is 2. The van der Waals surface area contributed by atoms with Gasteiger partial charge in [0.2, 0.25) is 0 Å². The molecule has 124 valence electrons. The highest BCUT2D eigenvalue weighted by Gasteiger charge is 2.24. The van der Waals surface area contributed by atoms with Crippen molar-refractivity contribution in [2.45, 2.75) is 39.7 Å². The molecular weight excluding hydrogens is 300 g/mol. The molecule has 1 saturated carbocycles. The zero-order chi connectivity index (χ0) is 17.3. The number of carbonyl (C=O) groups excluding carboxylic acids is 2. The highest BCUT2D eigenvalue weighted by atomic mass is 16.2. The van der Waals surface area contributed by atoms with Crippen LogP contribution in [0.25, 0.3) is 0 Å². The molecule has 2 aromatic carbocycles. The van der Waals surface area contributed by atoms with Gasteiger partial charge in [0.25, 0.3) is 11.8 Å². The number of hydrogen-bond acceptors (Lipinski definition) is 2. The molecule has 2 amide bonds. The molecule has 24 heavy (non-hydrogen) atoms. The van der Waals surface area contributed by atoms with Gasteiger partial charge in [-0.3, -0.25) is 9.59 Å². The third kappa shape index (κ3) is 3.65. The molecule has 0 radical (unpaired) electrons. The first-order valence-electron chi connectivity index (χ1n) is 8.24. The van der Waals surface area contributed by atoms with E-state index < -0.39 is 0 Å². The Hall–Kier alpha value is -2.62. The number of benzene rings is 2. The molecule has 4 nitrogen and oxygen atoms in total. The van der Waals surface area contributed by atoms with Crippen molar-refractivity contribution in [3.8, 4) is 0 Å². The second kappa shape index (κ2) is 6.48. The first-order valence-corrected chi connectivity index (χ1v) is 8.24. The zero-order valence-electron chi connectivity index (χ0n) is 14.3. The van der Waals surface area contributed by atoms with Crippen molar-refractivity contribution >= 4 is 17.5 Å². The highest BCUT2D eigenvalue weighted by Crippen LogP contribution is 2.23. The summed E-state index contributed by atoms with van der Waals surface area (Å²) >= 11 is 0. The van der Waals surface area contributed by atoms with Gasteiger partial charge in [-0.2, -0.15) is 0 Å². The third-order valence-corrected chi connectivity index (χ3v) is 4.22. The molecule has 3 rings (SSSR count). The minimum absolute atomic E-state index is 0.116. The van der Waals surface area contributed by atoms with E-state index in [0.29, 0.717) is 17.2 Å². The minimum Gasteiger partial charge on any atom is -0.349 e. The lowest BCUT2D eigenvalue weighted by molar-refractivity contribution is 0.0951. The van der Waals surface area contributed by atoms with E-state index in [4.69, 9.17) is 0 Å². The van der Waals surface area contributed by atoms with Crippen LogP contribution < -0.4 is 10.6 Å². The number of nitrogens with one attached hydrogen (secondary N) is 2. The van der Waals surface area contributed by atoms with Gasteiger partial charge in [0.05, 0.1) is 0 Å². The van der Waals surface area contributed by atoms with Crippen LogP contribution in [0.3, 0.4) is 0 Å². The summed E-state index contributed by atoms with van der Waals surface area (Å²) in [5.74, 6) is -0.319. The number of aryl methyl sites for hydroxylation is 3. The number of anilines is 1. The Morgan fingerprint density at radius 1 is 0.917 bits per heavy atom. The summed E-state index contributed by atoms with van der Waals surface area (Å²) in [4.78, 5) is 24.7. The fourth-order valence-electron chi connectivity index (χ4n) is 2.86. The minimum atomic E-state index is -0.203. The summed E-state index contributed by atoms with van der Waals surface area (Å²) in [6.07, 6.45) is 2.08. The lowest BCUT2D eigenvalue weighted by atomic mass is 10.0. The van der Waals surface area contributed by atoms with E-state index in [1.165, 1.54) is 5.56 Å². The molecule has 2 N–H and O–H groups in total. The summed E-state index contributed by atoms with van der Waals surface area (Å²) in [6.45, 7) is 6.00. The Balaban J connectivity index is 1.79. The SMILES string of the molecule is Cc1cc(C)c(NC(=O)c2cccc(C(=O)NC3CC3)c2)c(C)c1. The molecule has 1 aliphatic carbocycles. The summed E-state index contributed by atoms with van der Waals surface area (Å²) in [6, 6.07) is 11.2. The van der Waals surface area contributed by atoms with E-state index in [2.05, 4.69) is 10.6 Å². The van der Waals surface area contributed by atoms with Crippen LogP contribution in [0, 0.1) is 20.8 Å². The van der Waals surface area contributed by atoms with Gasteiger partial charge in [-0.1, -0.05) is 23.8 Å². The second-order valence-electron chi connectivity index (χ2n) is 6.56. The maximum atomic E-state index is 12.6. The molecule has 4 heteroatoms. The maximum absolute atomic E-state index is 12.6. The maximum Gasteiger partial charge on any atom is 0.255 e. The van der Waals surface area contributed by atoms with E-state index in [1.54, 1.807) is 24.3 Å². The van der Waals surface area contributed by atoms with E-state index in [-0.39, 0.29) is 11.8 Å². The van der Waals surface area contributed by atoms with Crippen LogP contribution in [-0.4, -0.2) is 17.9 Å². The van der Waals surface area contributed by atoms with Gasteiger partial charge >= 0.3 is 0 Å². The smallest absolute Gasteiger partial charge is 0.255 e. The van der Waals surface area contributed by atoms with Gasteiger partial charge < -0.3 is 10.6 Å². The zero-order valence-corrected chi connectivity index (χ0v) is 14.3. The average Bonchev–Trinajstić information content (AvgIpc) is 3.34. The van der Waals surface area contributed by atoms with Gasteiger partial charge in [0.15, 0.2) is 0 Å². The molecule has 1 fully saturated rings. The molecule has 0 spiro atoms. The Bertz CT molecular complexity index is 784. The van der Waals surface area contributed by atoms with Crippen molar-refractivity contribution in [3.63, 3.8) is 0 Å². The molecule has 0 aromatic heterocycles. The summed E-state index contributed by atoms with van der Waals surface area (Å²) in [7, 11) is 0. The quantitative estimate of drug-likeness (QED) is 0.900. The van der Waals surface area contributed by atoms with E-state index in [0.717, 1.165) is 29.7 Å². The highest BCUT2D eigenvalue weighted by molar-refractivity contribution is 6.06. The fraction of sp³-hybridized carbons (Fsp3) is 0.300. The van der Waals surface area contributed by atoms with Crippen LogP contribution in [0.1, 0.15) is 50.2 Å². The van der Waals surface area contributed by atoms with Crippen molar-refractivity contribution in [3.05, 3.63) is 64.2 Å². The van der Waals surface area contributed by atoms with Gasteiger partial charge in [-0.15, -0.1) is 0 Å². The van der Waals surface area contributed by atoms with Crippen molar-refractivity contribution in [1.82, 2.24) is 5.32 Å². The lowest BCUT2D eigenvalue weighted by Crippen LogP contribution is -2.25. The van der Waals surface area contributed by atoms with Crippen LogP contribution >= 0.6 is 0 Å². The van der Waals surface area contributed by atoms with Crippen LogP contribution in [0.2, 0.25) is 0 Å². The summed E-state index contributed by atoms with van der Waals surface area (Å²) < 4.78 is 0. The first kappa shape index (κ1) is 16.2. The molecule has 0 heterocycles. The van der Waals surface area contributed by atoms with Crippen LogP contribution in [0.15, 0.2) is 36.4 Å². The van der Waals surface area contributed by atoms with Crippen molar-refractivity contribution in [1.29, 1.82) is 0 Å². The molecule has 0 unspecified atom stereocenters. The number of carbonyl (C=O) groups is 2. The fourth-order valence-corrected chi connectivity index (χ4v) is 2.86. The molecule has 0 saturated heterocycles. The Labute approximate surface area is 142 Å². The molecule has 2 aromatic rings. The third-order valence-electron chi connectivity index (χ3n) is 4.22. The van der Waals surface area contributed by atoms with Gasteiger partial charge in [0.1, 0.15) is 0 Å². The first-order chi connectivity index (χ1) is 11.4. The van der Waals surface area contributed by atoms with Crippen LogP contribution in [0.5, 0.6) is 0 Å². The average molecular weight is 322 g/mol. The molecule has 1 aliphatic rings. The van der Waals surface area contributed by atoms with Gasteiger partial charge in [-0.05, 0) is 62.9 Å². The molecular formula is C20H22N2O2. The normalized spacial score (nSPS) is 13.5. The van der Waals surface area contributed by atoms with Gasteiger partial charge in [0, 0.05) is 22.9 Å². The standard InChI is InChI=1S/C20H22N2O2/c1-12-9-13(2)18(14(3)10-12)22-20(24)16-6-4-5-15(11-16)19(23)21-17-7-8-17/h4-6,9-11,17H,7-8H2,1-3H3,(H,21,23)(H,22,24). The molecule has 0 atom stereocenters. The Morgan fingerprint density at radius 2 is 1.50 bits per heavy atom. The number of amides is 2. The Kier molecular flexibility index (Phi) is 4.38. The molecule has 0 aliphatic heterocycles. The number of rotatable bonds is 4. The second-order valence-corrected chi connectivity index (χ2v) is 6.56. The van der Waals surface area contributed by atoms with Crippen LogP contribution in [0.4, 0.5) is 5.69 Å². The van der Waals surface area contributed by atoms with Crippen molar-refractivity contribution < 1.29 is 9.59 Å².